The molecule has 0 unspecified atom stereocenters. The molecule has 0 saturated heterocycles. The minimum absolute atomic E-state index is 0.120. The number of aliphatic hydroxyl groups excluding tert-OH is 2. The Kier molecular flexibility index (Phi) is 10.1. The fourth-order valence-corrected chi connectivity index (χ4v) is 4.41. The van der Waals surface area contributed by atoms with Gasteiger partial charge in [0.1, 0.15) is 17.7 Å². The molecule has 1 aliphatic rings. The molecule has 0 radical (unpaired) electrons. The minimum atomic E-state index is -1.25. The summed E-state index contributed by atoms with van der Waals surface area (Å²) in [6.45, 7) is 8.46. The number of Topliss-reactive ketones (excluding diaryl/α,β-unsaturated/α-hetero) is 2. The zero-order chi connectivity index (χ0) is 24.7. The van der Waals surface area contributed by atoms with Gasteiger partial charge in [0.2, 0.25) is 0 Å². The number of allylic oxidation sites excluding steroid dienone is 1. The van der Waals surface area contributed by atoms with Gasteiger partial charge in [-0.2, -0.15) is 0 Å². The number of carbonyl (C=O) groups excluding carboxylic acids is 3. The standard InChI is InChI=1S/C25H35NO6S/c1-14(11-19-13-33-18(5)26-19)22-10-8-6-7-9-20(27)15(2)24(30)17(4)25(31)16(3)21(28)12-23(29)32-22/h6,8,11,13,15-17,21-22,24,28,30H,7,9-10,12H2,1-5H3/t15-,16-,17+,21-,22-,24-/m0/s1. The van der Waals surface area contributed by atoms with Gasteiger partial charge < -0.3 is 14.9 Å². The largest absolute Gasteiger partial charge is 0.457 e. The first-order chi connectivity index (χ1) is 15.5. The van der Waals surface area contributed by atoms with Crippen LogP contribution < -0.4 is 0 Å². The molecule has 1 aromatic heterocycles. The van der Waals surface area contributed by atoms with Crippen molar-refractivity contribution < 1.29 is 29.3 Å². The molecule has 0 aromatic carbocycles. The Labute approximate surface area is 199 Å². The summed E-state index contributed by atoms with van der Waals surface area (Å²) in [6.07, 6.45) is 3.44. The van der Waals surface area contributed by atoms with E-state index >= 15 is 0 Å². The number of aromatic nitrogens is 1. The lowest BCUT2D eigenvalue weighted by Crippen LogP contribution is -2.40. The summed E-state index contributed by atoms with van der Waals surface area (Å²) in [5.74, 6) is -3.53. The highest BCUT2D eigenvalue weighted by Gasteiger charge is 2.35. The lowest BCUT2D eigenvalue weighted by Gasteiger charge is -2.27. The Morgan fingerprint density at radius 1 is 1.12 bits per heavy atom. The average molecular weight is 478 g/mol. The third-order valence-corrected chi connectivity index (χ3v) is 7.04. The number of carbonyl (C=O) groups is 3. The number of nitrogens with zero attached hydrogens (tertiary/aromatic N) is 1. The van der Waals surface area contributed by atoms with Gasteiger partial charge in [0.05, 0.1) is 29.3 Å². The molecule has 0 spiro atoms. The van der Waals surface area contributed by atoms with E-state index in [4.69, 9.17) is 4.74 Å². The summed E-state index contributed by atoms with van der Waals surface area (Å²) in [6, 6.07) is 0. The second-order valence-electron chi connectivity index (χ2n) is 8.90. The van der Waals surface area contributed by atoms with Crippen molar-refractivity contribution in [2.75, 3.05) is 0 Å². The zero-order valence-corrected chi connectivity index (χ0v) is 20.8. The van der Waals surface area contributed by atoms with Gasteiger partial charge >= 0.3 is 5.97 Å². The van der Waals surface area contributed by atoms with Gasteiger partial charge in [-0.05, 0) is 31.9 Å². The monoisotopic (exact) mass is 477 g/mol. The van der Waals surface area contributed by atoms with Crippen molar-refractivity contribution in [3.8, 4) is 0 Å². The number of ether oxygens (including phenoxy) is 1. The van der Waals surface area contributed by atoms with E-state index in [1.165, 1.54) is 18.3 Å². The number of rotatable bonds is 2. The van der Waals surface area contributed by atoms with Crippen LogP contribution in [0.25, 0.3) is 6.08 Å². The molecule has 2 rings (SSSR count). The van der Waals surface area contributed by atoms with Crippen LogP contribution in [0.5, 0.6) is 0 Å². The van der Waals surface area contributed by atoms with Gasteiger partial charge in [0.25, 0.3) is 0 Å². The van der Waals surface area contributed by atoms with Crippen LogP contribution >= 0.6 is 11.3 Å². The Morgan fingerprint density at radius 3 is 2.45 bits per heavy atom. The maximum absolute atomic E-state index is 12.8. The van der Waals surface area contributed by atoms with Crippen LogP contribution in [-0.4, -0.2) is 51.0 Å². The van der Waals surface area contributed by atoms with Crippen molar-refractivity contribution in [3.05, 3.63) is 33.8 Å². The predicted molar refractivity (Wildman–Crippen MR) is 128 cm³/mol. The van der Waals surface area contributed by atoms with Gasteiger partial charge in [0.15, 0.2) is 0 Å². The van der Waals surface area contributed by atoms with E-state index in [9.17, 15) is 24.6 Å². The molecule has 2 N–H and O–H groups in total. The van der Waals surface area contributed by atoms with Crippen molar-refractivity contribution >= 4 is 34.9 Å². The van der Waals surface area contributed by atoms with Crippen LogP contribution in [0.1, 0.15) is 64.1 Å². The van der Waals surface area contributed by atoms with Gasteiger partial charge in [-0.15, -0.1) is 11.3 Å². The van der Waals surface area contributed by atoms with Crippen molar-refractivity contribution in [2.24, 2.45) is 17.8 Å². The Balaban J connectivity index is 2.27. The molecular formula is C25H35NO6S. The van der Waals surface area contributed by atoms with Crippen molar-refractivity contribution in [1.29, 1.82) is 0 Å². The van der Waals surface area contributed by atoms with Crippen LogP contribution in [0, 0.1) is 24.7 Å². The van der Waals surface area contributed by atoms with Crippen LogP contribution in [0.2, 0.25) is 0 Å². The number of hydrogen-bond acceptors (Lipinski definition) is 8. The Morgan fingerprint density at radius 2 is 1.82 bits per heavy atom. The molecule has 0 bridgehead atoms. The Bertz CT molecular complexity index is 904. The van der Waals surface area contributed by atoms with E-state index in [0.29, 0.717) is 12.8 Å². The fourth-order valence-electron chi connectivity index (χ4n) is 3.84. The molecule has 33 heavy (non-hydrogen) atoms. The number of aryl methyl sites for hydroxylation is 1. The summed E-state index contributed by atoms with van der Waals surface area (Å²) >= 11 is 1.53. The van der Waals surface area contributed by atoms with Crippen molar-refractivity contribution in [1.82, 2.24) is 4.98 Å². The van der Waals surface area contributed by atoms with Crippen molar-refractivity contribution in [3.63, 3.8) is 0 Å². The summed E-state index contributed by atoms with van der Waals surface area (Å²) < 4.78 is 5.66. The molecule has 2 heterocycles. The molecule has 0 aliphatic carbocycles. The highest BCUT2D eigenvalue weighted by atomic mass is 32.1. The van der Waals surface area contributed by atoms with Gasteiger partial charge in [-0.1, -0.05) is 32.9 Å². The Hall–Kier alpha value is -2.16. The second kappa shape index (κ2) is 12.3. The molecule has 1 aliphatic heterocycles. The molecule has 0 fully saturated rings. The summed E-state index contributed by atoms with van der Waals surface area (Å²) in [4.78, 5) is 42.3. The maximum Gasteiger partial charge on any atom is 0.309 e. The first-order valence-corrected chi connectivity index (χ1v) is 12.3. The molecule has 8 heteroatoms. The number of aliphatic hydroxyl groups is 2. The lowest BCUT2D eigenvalue weighted by atomic mass is 9.81. The van der Waals surface area contributed by atoms with E-state index in [0.717, 1.165) is 16.3 Å². The molecule has 7 nitrogen and oxygen atoms in total. The topological polar surface area (TPSA) is 114 Å². The zero-order valence-electron chi connectivity index (χ0n) is 20.0. The predicted octanol–water partition coefficient (Wildman–Crippen LogP) is 3.67. The normalized spacial score (nSPS) is 31.5. The van der Waals surface area contributed by atoms with Crippen LogP contribution in [-0.2, 0) is 19.1 Å². The van der Waals surface area contributed by atoms with E-state index in [1.807, 2.05) is 37.5 Å². The first-order valence-electron chi connectivity index (χ1n) is 11.4. The van der Waals surface area contributed by atoms with Crippen LogP contribution in [0.3, 0.4) is 0 Å². The third-order valence-electron chi connectivity index (χ3n) is 6.25. The molecule has 0 amide bonds. The number of thiazole rings is 1. The van der Waals surface area contributed by atoms with Gasteiger partial charge in [-0.3, -0.25) is 14.4 Å². The first kappa shape index (κ1) is 27.1. The van der Waals surface area contributed by atoms with E-state index < -0.39 is 42.0 Å². The lowest BCUT2D eigenvalue weighted by molar-refractivity contribution is -0.151. The van der Waals surface area contributed by atoms with Crippen LogP contribution in [0.4, 0.5) is 0 Å². The highest BCUT2D eigenvalue weighted by molar-refractivity contribution is 7.09. The molecule has 0 saturated carbocycles. The minimum Gasteiger partial charge on any atom is -0.457 e. The number of ketones is 2. The highest BCUT2D eigenvalue weighted by Crippen LogP contribution is 2.24. The van der Waals surface area contributed by atoms with Gasteiger partial charge in [0, 0.05) is 36.0 Å². The van der Waals surface area contributed by atoms with Crippen LogP contribution in [0.15, 0.2) is 23.1 Å². The van der Waals surface area contributed by atoms with E-state index in [1.54, 1.807) is 13.8 Å². The molecule has 182 valence electrons. The van der Waals surface area contributed by atoms with E-state index in [-0.39, 0.29) is 24.4 Å². The maximum atomic E-state index is 12.8. The molecule has 1 aromatic rings. The number of esters is 1. The summed E-state index contributed by atoms with van der Waals surface area (Å²) in [5.41, 5.74) is 1.59. The second-order valence-corrected chi connectivity index (χ2v) is 9.96. The smallest absolute Gasteiger partial charge is 0.309 e. The average Bonchev–Trinajstić information content (AvgIpc) is 3.18. The number of cyclic esters (lactones) is 1. The molecular weight excluding hydrogens is 442 g/mol. The molecule has 6 atom stereocenters. The van der Waals surface area contributed by atoms with Gasteiger partial charge in [-0.25, -0.2) is 4.98 Å². The summed E-state index contributed by atoms with van der Waals surface area (Å²) in [7, 11) is 0. The quantitative estimate of drug-likeness (QED) is 0.493. The van der Waals surface area contributed by atoms with E-state index in [2.05, 4.69) is 4.98 Å². The van der Waals surface area contributed by atoms with Crippen molar-refractivity contribution in [2.45, 2.75) is 78.6 Å². The SMILES string of the molecule is CC(=Cc1csc(C)n1)[C@@H]1CC=CCCC(=O)[C@H](C)[C@H](O)[C@@H](C)C(=O)[C@@H](C)[C@@H](O)CC(=O)O1. The number of hydrogen-bond donors (Lipinski definition) is 2. The fraction of sp³-hybridized carbons (Fsp3) is 0.600. The summed E-state index contributed by atoms with van der Waals surface area (Å²) in [5, 5.41) is 23.9. The third kappa shape index (κ3) is 7.69.